The molecule has 2 aliphatic rings. The Morgan fingerprint density at radius 1 is 1.00 bits per heavy atom. The van der Waals surface area contributed by atoms with Gasteiger partial charge in [-0.15, -0.1) is 0 Å². The van der Waals surface area contributed by atoms with Crippen LogP contribution in [0.5, 0.6) is 17.2 Å². The van der Waals surface area contributed by atoms with E-state index in [2.05, 4.69) is 9.80 Å². The quantitative estimate of drug-likeness (QED) is 0.752. The van der Waals surface area contributed by atoms with Crippen LogP contribution >= 0.6 is 0 Å². The van der Waals surface area contributed by atoms with Gasteiger partial charge in [0.15, 0.2) is 11.5 Å². The van der Waals surface area contributed by atoms with Crippen molar-refractivity contribution in [3.8, 4) is 17.2 Å². The molecule has 1 aromatic rings. The number of aliphatic hydroxyl groups is 1. The maximum Gasteiger partial charge on any atom is 0.231 e. The van der Waals surface area contributed by atoms with Crippen molar-refractivity contribution in [1.82, 2.24) is 9.80 Å². The number of ether oxygens (including phenoxy) is 3. The summed E-state index contributed by atoms with van der Waals surface area (Å²) in [5.41, 5.74) is 0. The molecule has 0 aromatic heterocycles. The van der Waals surface area contributed by atoms with E-state index in [1.807, 2.05) is 18.2 Å². The molecule has 0 spiro atoms. The van der Waals surface area contributed by atoms with Crippen molar-refractivity contribution in [3.63, 3.8) is 0 Å². The van der Waals surface area contributed by atoms with Gasteiger partial charge in [-0.3, -0.25) is 4.90 Å². The van der Waals surface area contributed by atoms with E-state index in [0.717, 1.165) is 62.9 Å². The molecule has 0 aliphatic carbocycles. The molecule has 6 heteroatoms. The molecule has 0 bridgehead atoms. The third-order valence-electron chi connectivity index (χ3n) is 4.11. The van der Waals surface area contributed by atoms with Crippen molar-refractivity contribution < 1.29 is 19.3 Å². The van der Waals surface area contributed by atoms with Crippen molar-refractivity contribution >= 4 is 0 Å². The van der Waals surface area contributed by atoms with E-state index in [4.69, 9.17) is 19.3 Å². The fourth-order valence-electron chi connectivity index (χ4n) is 2.82. The Hall–Kier alpha value is -1.50. The largest absolute Gasteiger partial charge is 0.493 e. The predicted molar refractivity (Wildman–Crippen MR) is 82.6 cm³/mol. The minimum Gasteiger partial charge on any atom is -0.493 e. The summed E-state index contributed by atoms with van der Waals surface area (Å²) in [6, 6.07) is 5.69. The predicted octanol–water partition coefficient (Wildman–Crippen LogP) is 0.794. The van der Waals surface area contributed by atoms with Crippen LogP contribution in [0.1, 0.15) is 6.42 Å². The molecule has 1 saturated heterocycles. The molecule has 0 unspecified atom stereocenters. The highest BCUT2D eigenvalue weighted by molar-refractivity contribution is 5.46. The Kier molecular flexibility index (Phi) is 5.37. The second-order valence-corrected chi connectivity index (χ2v) is 5.62. The molecule has 0 radical (unpaired) electrons. The summed E-state index contributed by atoms with van der Waals surface area (Å²) in [6.45, 7) is 7.33. The Morgan fingerprint density at radius 3 is 2.50 bits per heavy atom. The first-order valence-corrected chi connectivity index (χ1v) is 7.93. The van der Waals surface area contributed by atoms with E-state index in [-0.39, 0.29) is 6.61 Å². The number of aliphatic hydroxyl groups excluding tert-OH is 1. The molecule has 122 valence electrons. The normalized spacial score (nSPS) is 18.6. The first-order chi connectivity index (χ1) is 10.8. The third kappa shape index (κ3) is 4.03. The van der Waals surface area contributed by atoms with Crippen molar-refractivity contribution in [2.45, 2.75) is 6.42 Å². The van der Waals surface area contributed by atoms with Gasteiger partial charge in [-0.1, -0.05) is 0 Å². The van der Waals surface area contributed by atoms with Crippen molar-refractivity contribution in [2.24, 2.45) is 0 Å². The van der Waals surface area contributed by atoms with Gasteiger partial charge in [-0.05, 0) is 18.6 Å². The molecule has 1 aromatic carbocycles. The van der Waals surface area contributed by atoms with Crippen LogP contribution in [-0.2, 0) is 0 Å². The Bertz CT molecular complexity index is 475. The number of hydrogen-bond donors (Lipinski definition) is 1. The highest BCUT2D eigenvalue weighted by Crippen LogP contribution is 2.35. The van der Waals surface area contributed by atoms with Gasteiger partial charge in [0, 0.05) is 45.3 Å². The van der Waals surface area contributed by atoms with Crippen LogP contribution in [-0.4, -0.2) is 74.2 Å². The van der Waals surface area contributed by atoms with Gasteiger partial charge < -0.3 is 24.2 Å². The van der Waals surface area contributed by atoms with Crippen molar-refractivity contribution in [1.29, 1.82) is 0 Å². The maximum atomic E-state index is 8.94. The van der Waals surface area contributed by atoms with Gasteiger partial charge >= 0.3 is 0 Å². The summed E-state index contributed by atoms with van der Waals surface area (Å²) < 4.78 is 16.4. The van der Waals surface area contributed by atoms with E-state index in [9.17, 15) is 0 Å². The SMILES string of the molecule is OCCN1CCN(CCCOc2ccc3c(c2)OCO3)CC1. The molecule has 2 heterocycles. The molecule has 6 nitrogen and oxygen atoms in total. The van der Waals surface area contributed by atoms with Gasteiger partial charge in [0.2, 0.25) is 6.79 Å². The lowest BCUT2D eigenvalue weighted by Crippen LogP contribution is -2.47. The van der Waals surface area contributed by atoms with Crippen molar-refractivity contribution in [2.75, 3.05) is 59.3 Å². The standard InChI is InChI=1S/C16H24N2O4/c19-10-9-18-7-5-17(6-8-18)4-1-11-20-14-2-3-15-16(12-14)22-13-21-15/h2-3,12,19H,1,4-11,13H2. The van der Waals surface area contributed by atoms with Crippen LogP contribution in [0.4, 0.5) is 0 Å². The minimum absolute atomic E-state index is 0.253. The summed E-state index contributed by atoms with van der Waals surface area (Å²) in [5.74, 6) is 2.38. The average Bonchev–Trinajstić information content (AvgIpc) is 3.01. The molecule has 22 heavy (non-hydrogen) atoms. The lowest BCUT2D eigenvalue weighted by molar-refractivity contribution is 0.108. The van der Waals surface area contributed by atoms with E-state index >= 15 is 0 Å². The van der Waals surface area contributed by atoms with Crippen molar-refractivity contribution in [3.05, 3.63) is 18.2 Å². The summed E-state index contributed by atoms with van der Waals surface area (Å²) >= 11 is 0. The maximum absolute atomic E-state index is 8.94. The van der Waals surface area contributed by atoms with Crippen LogP contribution in [0.3, 0.4) is 0 Å². The average molecular weight is 308 g/mol. The molecule has 0 atom stereocenters. The smallest absolute Gasteiger partial charge is 0.231 e. The molecule has 0 amide bonds. The summed E-state index contributed by atoms with van der Waals surface area (Å²) in [5, 5.41) is 8.94. The van der Waals surface area contributed by atoms with Crippen LogP contribution in [0.15, 0.2) is 18.2 Å². The topological polar surface area (TPSA) is 54.4 Å². The number of piperazine rings is 1. The molecule has 1 N–H and O–H groups in total. The van der Waals surface area contributed by atoms with Crippen LogP contribution in [0, 0.1) is 0 Å². The highest BCUT2D eigenvalue weighted by Gasteiger charge is 2.16. The number of β-amino-alcohol motifs (C(OH)–C–C–N with tert-alkyl or cyclic N) is 1. The molecule has 2 aliphatic heterocycles. The third-order valence-corrected chi connectivity index (χ3v) is 4.11. The number of nitrogens with zero attached hydrogens (tertiary/aromatic N) is 2. The fraction of sp³-hybridized carbons (Fsp3) is 0.625. The van der Waals surface area contributed by atoms with E-state index in [1.165, 1.54) is 0 Å². The van der Waals surface area contributed by atoms with Crippen LogP contribution in [0.2, 0.25) is 0 Å². The summed E-state index contributed by atoms with van der Waals surface area (Å²) in [6.07, 6.45) is 1.01. The first-order valence-electron chi connectivity index (χ1n) is 7.93. The second kappa shape index (κ2) is 7.67. The number of rotatable bonds is 7. The molecule has 3 rings (SSSR count). The number of fused-ring (bicyclic) bond motifs is 1. The van der Waals surface area contributed by atoms with Gasteiger partial charge in [-0.2, -0.15) is 0 Å². The van der Waals surface area contributed by atoms with Gasteiger partial charge in [0.25, 0.3) is 0 Å². The number of benzene rings is 1. The molecule has 1 fully saturated rings. The lowest BCUT2D eigenvalue weighted by Gasteiger charge is -2.34. The number of hydrogen-bond acceptors (Lipinski definition) is 6. The van der Waals surface area contributed by atoms with Gasteiger partial charge in [-0.25, -0.2) is 0 Å². The van der Waals surface area contributed by atoms with Gasteiger partial charge in [0.05, 0.1) is 13.2 Å². The Labute approximate surface area is 131 Å². The minimum atomic E-state index is 0.253. The zero-order chi connectivity index (χ0) is 15.2. The molecule has 0 saturated carbocycles. The second-order valence-electron chi connectivity index (χ2n) is 5.62. The van der Waals surface area contributed by atoms with Gasteiger partial charge in [0.1, 0.15) is 5.75 Å². The Balaban J connectivity index is 1.33. The fourth-order valence-corrected chi connectivity index (χ4v) is 2.82. The molecular weight excluding hydrogens is 284 g/mol. The summed E-state index contributed by atoms with van der Waals surface area (Å²) in [7, 11) is 0. The van der Waals surface area contributed by atoms with Crippen LogP contribution in [0.25, 0.3) is 0 Å². The van der Waals surface area contributed by atoms with E-state index in [0.29, 0.717) is 13.4 Å². The van der Waals surface area contributed by atoms with E-state index in [1.54, 1.807) is 0 Å². The summed E-state index contributed by atoms with van der Waals surface area (Å²) in [4.78, 5) is 4.76. The first kappa shape index (κ1) is 15.4. The van der Waals surface area contributed by atoms with Crippen LogP contribution < -0.4 is 14.2 Å². The molecular formula is C16H24N2O4. The Morgan fingerprint density at radius 2 is 1.73 bits per heavy atom. The monoisotopic (exact) mass is 308 g/mol. The highest BCUT2D eigenvalue weighted by atomic mass is 16.7. The lowest BCUT2D eigenvalue weighted by atomic mass is 10.3. The zero-order valence-electron chi connectivity index (χ0n) is 12.9. The zero-order valence-corrected chi connectivity index (χ0v) is 12.9. The van der Waals surface area contributed by atoms with E-state index < -0.39 is 0 Å².